The van der Waals surface area contributed by atoms with Gasteiger partial charge in [0, 0.05) is 30.4 Å². The normalized spacial score (nSPS) is 12.6. The molecule has 0 spiro atoms. The fraction of sp³-hybridized carbons (Fsp3) is 0.500. The van der Waals surface area contributed by atoms with Crippen LogP contribution >= 0.6 is 0 Å². The summed E-state index contributed by atoms with van der Waals surface area (Å²) in [5, 5.41) is 7.27. The number of aromatic nitrogens is 3. The second kappa shape index (κ2) is 5.93. The van der Waals surface area contributed by atoms with E-state index in [1.807, 2.05) is 6.92 Å². The van der Waals surface area contributed by atoms with Crippen LogP contribution in [-0.2, 0) is 6.42 Å². The third-order valence-corrected chi connectivity index (χ3v) is 3.22. The largest absolute Gasteiger partial charge is 0.343 e. The van der Waals surface area contributed by atoms with Crippen LogP contribution in [-0.4, -0.2) is 21.7 Å². The molecule has 19 heavy (non-hydrogen) atoms. The minimum Gasteiger partial charge on any atom is -0.343 e. The van der Waals surface area contributed by atoms with E-state index in [0.29, 0.717) is 0 Å². The van der Waals surface area contributed by atoms with Crippen molar-refractivity contribution < 1.29 is 4.52 Å². The van der Waals surface area contributed by atoms with Gasteiger partial charge in [-0.3, -0.25) is 4.98 Å². The van der Waals surface area contributed by atoms with E-state index in [-0.39, 0.29) is 6.04 Å². The molecule has 1 atom stereocenters. The maximum Gasteiger partial charge on any atom is 0.213 e. The zero-order chi connectivity index (χ0) is 13.8. The van der Waals surface area contributed by atoms with Crippen molar-refractivity contribution >= 4 is 0 Å². The summed E-state index contributed by atoms with van der Waals surface area (Å²) >= 11 is 0. The molecule has 0 aromatic carbocycles. The van der Waals surface area contributed by atoms with Crippen LogP contribution in [0, 0.1) is 20.8 Å². The van der Waals surface area contributed by atoms with Crippen molar-refractivity contribution in [2.45, 2.75) is 40.2 Å². The quantitative estimate of drug-likeness (QED) is 0.893. The average molecular weight is 260 g/mol. The zero-order valence-electron chi connectivity index (χ0n) is 11.9. The molecule has 0 radical (unpaired) electrons. The molecule has 2 rings (SSSR count). The lowest BCUT2D eigenvalue weighted by atomic mass is 10.0. The topological polar surface area (TPSA) is 63.8 Å². The first-order chi connectivity index (χ1) is 9.08. The lowest BCUT2D eigenvalue weighted by Crippen LogP contribution is -2.23. The van der Waals surface area contributed by atoms with Crippen molar-refractivity contribution in [1.29, 1.82) is 0 Å². The SMILES string of the molecule is Cc1cc(C)c(C(C)NCCc2ncon2)c(C)n1. The molecule has 0 aliphatic carbocycles. The summed E-state index contributed by atoms with van der Waals surface area (Å²) in [5.41, 5.74) is 4.72. The molecular weight excluding hydrogens is 240 g/mol. The fourth-order valence-electron chi connectivity index (χ4n) is 2.49. The van der Waals surface area contributed by atoms with Gasteiger partial charge in [0.15, 0.2) is 5.82 Å². The van der Waals surface area contributed by atoms with E-state index in [4.69, 9.17) is 4.52 Å². The lowest BCUT2D eigenvalue weighted by molar-refractivity contribution is 0.408. The predicted octanol–water partition coefficient (Wildman–Crippen LogP) is 2.28. The maximum atomic E-state index is 4.71. The maximum absolute atomic E-state index is 4.71. The first-order valence-electron chi connectivity index (χ1n) is 6.51. The van der Waals surface area contributed by atoms with Crippen LogP contribution in [0.4, 0.5) is 0 Å². The summed E-state index contributed by atoms with van der Waals surface area (Å²) in [5.74, 6) is 0.732. The predicted molar refractivity (Wildman–Crippen MR) is 72.9 cm³/mol. The molecule has 102 valence electrons. The first kappa shape index (κ1) is 13.7. The van der Waals surface area contributed by atoms with Gasteiger partial charge < -0.3 is 9.84 Å². The molecule has 1 unspecified atom stereocenters. The van der Waals surface area contributed by atoms with Gasteiger partial charge in [0.05, 0.1) is 0 Å². The van der Waals surface area contributed by atoms with Gasteiger partial charge in [0.25, 0.3) is 0 Å². The van der Waals surface area contributed by atoms with Crippen molar-refractivity contribution in [3.63, 3.8) is 0 Å². The van der Waals surface area contributed by atoms with Gasteiger partial charge in [-0.15, -0.1) is 0 Å². The van der Waals surface area contributed by atoms with Crippen LogP contribution in [0.1, 0.15) is 41.3 Å². The fourth-order valence-corrected chi connectivity index (χ4v) is 2.49. The van der Waals surface area contributed by atoms with Crippen LogP contribution in [0.25, 0.3) is 0 Å². The van der Waals surface area contributed by atoms with Gasteiger partial charge >= 0.3 is 0 Å². The molecule has 0 saturated heterocycles. The van der Waals surface area contributed by atoms with Crippen molar-refractivity contribution in [1.82, 2.24) is 20.4 Å². The average Bonchev–Trinajstić information content (AvgIpc) is 2.80. The Bertz CT molecular complexity index is 513. The van der Waals surface area contributed by atoms with Crippen LogP contribution in [0.2, 0.25) is 0 Å². The Morgan fingerprint density at radius 1 is 1.32 bits per heavy atom. The molecule has 0 fully saturated rings. The third-order valence-electron chi connectivity index (χ3n) is 3.22. The summed E-state index contributed by atoms with van der Waals surface area (Å²) in [6.07, 6.45) is 2.12. The van der Waals surface area contributed by atoms with Crippen molar-refractivity contribution in [2.75, 3.05) is 6.54 Å². The second-order valence-electron chi connectivity index (χ2n) is 4.85. The lowest BCUT2D eigenvalue weighted by Gasteiger charge is -2.18. The van der Waals surface area contributed by atoms with Gasteiger partial charge in [-0.05, 0) is 44.9 Å². The van der Waals surface area contributed by atoms with Crippen LogP contribution in [0.3, 0.4) is 0 Å². The first-order valence-corrected chi connectivity index (χ1v) is 6.51. The highest BCUT2D eigenvalue weighted by atomic mass is 16.5. The molecule has 2 aromatic rings. The van der Waals surface area contributed by atoms with E-state index in [0.717, 1.165) is 30.2 Å². The van der Waals surface area contributed by atoms with Gasteiger partial charge in [-0.1, -0.05) is 5.16 Å². The molecule has 5 heteroatoms. The molecule has 5 nitrogen and oxygen atoms in total. The van der Waals surface area contributed by atoms with Gasteiger partial charge in [-0.25, -0.2) is 0 Å². The number of nitrogens with zero attached hydrogens (tertiary/aromatic N) is 3. The Hall–Kier alpha value is -1.75. The monoisotopic (exact) mass is 260 g/mol. The minimum absolute atomic E-state index is 0.264. The molecule has 1 N–H and O–H groups in total. The number of hydrogen-bond acceptors (Lipinski definition) is 5. The molecule has 0 bridgehead atoms. The molecule has 0 saturated carbocycles. The summed E-state index contributed by atoms with van der Waals surface area (Å²) in [4.78, 5) is 8.54. The Morgan fingerprint density at radius 3 is 2.74 bits per heavy atom. The number of aryl methyl sites for hydroxylation is 3. The highest BCUT2D eigenvalue weighted by molar-refractivity contribution is 5.33. The van der Waals surface area contributed by atoms with E-state index < -0.39 is 0 Å². The minimum atomic E-state index is 0.264. The second-order valence-corrected chi connectivity index (χ2v) is 4.85. The Balaban J connectivity index is 1.98. The molecular formula is C14H20N4O. The van der Waals surface area contributed by atoms with E-state index in [1.165, 1.54) is 17.5 Å². The summed E-state index contributed by atoms with van der Waals surface area (Å²) in [6, 6.07) is 2.39. The zero-order valence-corrected chi connectivity index (χ0v) is 11.9. The number of hydrogen-bond donors (Lipinski definition) is 1. The van der Waals surface area contributed by atoms with E-state index in [9.17, 15) is 0 Å². The van der Waals surface area contributed by atoms with E-state index in [1.54, 1.807) is 0 Å². The van der Waals surface area contributed by atoms with Gasteiger partial charge in [0.2, 0.25) is 6.39 Å². The smallest absolute Gasteiger partial charge is 0.213 e. The Morgan fingerprint density at radius 2 is 2.11 bits per heavy atom. The molecule has 0 aliphatic heterocycles. The highest BCUT2D eigenvalue weighted by Gasteiger charge is 2.12. The molecule has 0 aliphatic rings. The standard InChI is InChI=1S/C14H20N4O/c1-9-7-10(2)17-12(4)14(9)11(3)15-6-5-13-16-8-19-18-13/h7-8,11,15H,5-6H2,1-4H3. The highest BCUT2D eigenvalue weighted by Crippen LogP contribution is 2.20. The number of nitrogens with one attached hydrogen (secondary N) is 1. The van der Waals surface area contributed by atoms with Crippen LogP contribution in [0.15, 0.2) is 17.0 Å². The summed E-state index contributed by atoms with van der Waals surface area (Å²) in [6.45, 7) is 9.19. The van der Waals surface area contributed by atoms with Crippen molar-refractivity contribution in [3.05, 3.63) is 40.8 Å². The summed E-state index contributed by atoms with van der Waals surface area (Å²) < 4.78 is 4.71. The molecule has 2 aromatic heterocycles. The number of pyridine rings is 1. The Kier molecular flexibility index (Phi) is 4.27. The van der Waals surface area contributed by atoms with Crippen molar-refractivity contribution in [3.8, 4) is 0 Å². The van der Waals surface area contributed by atoms with E-state index >= 15 is 0 Å². The number of rotatable bonds is 5. The molecule has 0 amide bonds. The van der Waals surface area contributed by atoms with Gasteiger partial charge in [-0.2, -0.15) is 4.98 Å². The van der Waals surface area contributed by atoms with Crippen molar-refractivity contribution in [2.24, 2.45) is 0 Å². The summed E-state index contributed by atoms with van der Waals surface area (Å²) in [7, 11) is 0. The van der Waals surface area contributed by atoms with Gasteiger partial charge in [0.1, 0.15) is 0 Å². The molecule has 2 heterocycles. The van der Waals surface area contributed by atoms with Crippen LogP contribution < -0.4 is 5.32 Å². The van der Waals surface area contributed by atoms with E-state index in [2.05, 4.69) is 47.3 Å². The Labute approximate surface area is 113 Å². The third kappa shape index (κ3) is 3.38. The van der Waals surface area contributed by atoms with Crippen LogP contribution in [0.5, 0.6) is 0 Å².